The first kappa shape index (κ1) is 13.3. The molecule has 3 N–H and O–H groups in total. The van der Waals surface area contributed by atoms with Gasteiger partial charge in [-0.25, -0.2) is 4.68 Å². The first-order chi connectivity index (χ1) is 9.22. The number of rotatable bonds is 5. The van der Waals surface area contributed by atoms with E-state index < -0.39 is 0 Å². The Bertz CT molecular complexity index is 555. The van der Waals surface area contributed by atoms with Crippen molar-refractivity contribution in [1.29, 1.82) is 0 Å². The van der Waals surface area contributed by atoms with E-state index in [1.54, 1.807) is 11.7 Å². The Labute approximate surface area is 114 Å². The third-order valence-corrected chi connectivity index (χ3v) is 3.74. The van der Waals surface area contributed by atoms with Crippen LogP contribution in [0.15, 0.2) is 40.6 Å². The van der Waals surface area contributed by atoms with Crippen molar-refractivity contribution in [1.82, 2.24) is 20.2 Å². The van der Waals surface area contributed by atoms with Crippen LogP contribution in [-0.2, 0) is 7.05 Å². The summed E-state index contributed by atoms with van der Waals surface area (Å²) in [6.07, 6.45) is 0. The van der Waals surface area contributed by atoms with Crippen LogP contribution >= 0.6 is 11.8 Å². The largest absolute Gasteiger partial charge is 0.409 e. The summed E-state index contributed by atoms with van der Waals surface area (Å²) in [7, 11) is 1.77. The molecule has 100 valence electrons. The van der Waals surface area contributed by atoms with Gasteiger partial charge in [0.15, 0.2) is 0 Å². The lowest BCUT2D eigenvalue weighted by molar-refractivity contribution is 0.316. The predicted octanol–water partition coefficient (Wildman–Crippen LogP) is 0.832. The van der Waals surface area contributed by atoms with Crippen LogP contribution in [0.3, 0.4) is 0 Å². The van der Waals surface area contributed by atoms with Gasteiger partial charge in [-0.3, -0.25) is 0 Å². The van der Waals surface area contributed by atoms with Gasteiger partial charge in [-0.05, 0) is 16.0 Å². The number of benzene rings is 1. The number of thioether (sulfide) groups is 1. The molecule has 0 spiro atoms. The Kier molecular flexibility index (Phi) is 4.35. The van der Waals surface area contributed by atoms with E-state index in [0.29, 0.717) is 10.9 Å². The number of nitrogens with two attached hydrogens (primary N) is 1. The lowest BCUT2D eigenvalue weighted by atomic mass is 10.0. The van der Waals surface area contributed by atoms with Crippen LogP contribution < -0.4 is 5.73 Å². The van der Waals surface area contributed by atoms with Gasteiger partial charge in [0, 0.05) is 12.8 Å². The normalized spacial score (nSPS) is 13.4. The van der Waals surface area contributed by atoms with E-state index in [-0.39, 0.29) is 11.8 Å². The number of tetrazole rings is 1. The second kappa shape index (κ2) is 6.19. The first-order valence-corrected chi connectivity index (χ1v) is 6.58. The molecule has 0 amide bonds. The molecule has 0 saturated heterocycles. The van der Waals surface area contributed by atoms with Gasteiger partial charge in [-0.2, -0.15) is 0 Å². The third-order valence-electron chi connectivity index (χ3n) is 2.63. The smallest absolute Gasteiger partial charge is 0.209 e. The highest BCUT2D eigenvalue weighted by atomic mass is 32.2. The standard InChI is InChI=1S/C11H14N6OS/c1-17-11(13-15-16-17)19-7-9(10(12)14-18)8-5-3-2-4-6-8/h2-6,9,18H,7H2,1H3,(H2,12,14). The number of amidine groups is 1. The summed E-state index contributed by atoms with van der Waals surface area (Å²) in [6, 6.07) is 9.64. The maximum absolute atomic E-state index is 8.89. The lowest BCUT2D eigenvalue weighted by Crippen LogP contribution is -2.24. The number of aromatic nitrogens is 4. The van der Waals surface area contributed by atoms with E-state index in [0.717, 1.165) is 5.56 Å². The van der Waals surface area contributed by atoms with Crippen molar-refractivity contribution in [3.8, 4) is 0 Å². The number of aryl methyl sites for hydroxylation is 1. The quantitative estimate of drug-likeness (QED) is 0.276. The molecule has 1 atom stereocenters. The van der Waals surface area contributed by atoms with Gasteiger partial charge >= 0.3 is 0 Å². The van der Waals surface area contributed by atoms with Crippen molar-refractivity contribution in [2.45, 2.75) is 11.1 Å². The molecule has 0 bridgehead atoms. The highest BCUT2D eigenvalue weighted by molar-refractivity contribution is 7.99. The molecule has 0 fully saturated rings. The van der Waals surface area contributed by atoms with Crippen LogP contribution in [0.25, 0.3) is 0 Å². The summed E-state index contributed by atoms with van der Waals surface area (Å²) in [5.74, 6) is 0.579. The molecule has 2 aromatic rings. The minimum Gasteiger partial charge on any atom is -0.409 e. The van der Waals surface area contributed by atoms with E-state index in [2.05, 4.69) is 20.7 Å². The molecule has 0 aliphatic heterocycles. The Morgan fingerprint density at radius 1 is 1.47 bits per heavy atom. The fourth-order valence-corrected chi connectivity index (χ4v) is 2.61. The fourth-order valence-electron chi connectivity index (χ4n) is 1.61. The van der Waals surface area contributed by atoms with Gasteiger partial charge < -0.3 is 10.9 Å². The predicted molar refractivity (Wildman–Crippen MR) is 72.1 cm³/mol. The molecule has 1 aromatic carbocycles. The average Bonchev–Trinajstić information content (AvgIpc) is 2.85. The van der Waals surface area contributed by atoms with E-state index in [9.17, 15) is 0 Å². The Hall–Kier alpha value is -2.09. The topological polar surface area (TPSA) is 102 Å². The van der Waals surface area contributed by atoms with Crippen LogP contribution in [-0.4, -0.2) is 37.0 Å². The second-order valence-electron chi connectivity index (χ2n) is 3.88. The zero-order valence-corrected chi connectivity index (χ0v) is 11.2. The van der Waals surface area contributed by atoms with Crippen LogP contribution in [0.1, 0.15) is 11.5 Å². The maximum atomic E-state index is 8.89. The van der Waals surface area contributed by atoms with Gasteiger partial charge in [-0.1, -0.05) is 47.2 Å². The zero-order valence-electron chi connectivity index (χ0n) is 10.3. The van der Waals surface area contributed by atoms with E-state index in [1.807, 2.05) is 30.3 Å². The van der Waals surface area contributed by atoms with Crippen molar-refractivity contribution < 1.29 is 5.21 Å². The van der Waals surface area contributed by atoms with Gasteiger partial charge in [0.2, 0.25) is 5.16 Å². The van der Waals surface area contributed by atoms with Crippen molar-refractivity contribution in [2.24, 2.45) is 17.9 Å². The monoisotopic (exact) mass is 278 g/mol. The van der Waals surface area contributed by atoms with Crippen molar-refractivity contribution in [2.75, 3.05) is 5.75 Å². The Morgan fingerprint density at radius 3 is 2.79 bits per heavy atom. The van der Waals surface area contributed by atoms with Crippen LogP contribution in [0.5, 0.6) is 0 Å². The molecule has 0 radical (unpaired) electrons. The molecule has 1 unspecified atom stereocenters. The first-order valence-electron chi connectivity index (χ1n) is 5.60. The highest BCUT2D eigenvalue weighted by Gasteiger charge is 2.18. The van der Waals surface area contributed by atoms with Crippen LogP contribution in [0.4, 0.5) is 0 Å². The summed E-state index contributed by atoms with van der Waals surface area (Å²) >= 11 is 1.46. The van der Waals surface area contributed by atoms with Gasteiger partial charge in [0.05, 0.1) is 5.92 Å². The molecule has 8 heteroatoms. The number of hydrogen-bond donors (Lipinski definition) is 2. The Balaban J connectivity index is 2.14. The van der Waals surface area contributed by atoms with E-state index >= 15 is 0 Å². The number of oxime groups is 1. The van der Waals surface area contributed by atoms with Crippen molar-refractivity contribution in [3.63, 3.8) is 0 Å². The molecule has 1 aromatic heterocycles. The minimum atomic E-state index is -0.187. The SMILES string of the molecule is Cn1nnnc1SCC(C(N)=NO)c1ccccc1. The molecule has 2 rings (SSSR count). The summed E-state index contributed by atoms with van der Waals surface area (Å²) < 4.78 is 1.58. The average molecular weight is 278 g/mol. The van der Waals surface area contributed by atoms with Crippen molar-refractivity contribution >= 4 is 17.6 Å². The Morgan fingerprint density at radius 2 is 2.21 bits per heavy atom. The van der Waals surface area contributed by atoms with Crippen LogP contribution in [0.2, 0.25) is 0 Å². The zero-order chi connectivity index (χ0) is 13.7. The molecule has 1 heterocycles. The molecule has 0 saturated carbocycles. The molecular weight excluding hydrogens is 264 g/mol. The summed E-state index contributed by atoms with van der Waals surface area (Å²) in [5, 5.41) is 23.9. The molecule has 19 heavy (non-hydrogen) atoms. The molecule has 7 nitrogen and oxygen atoms in total. The molecule has 0 aliphatic rings. The molecular formula is C11H14N6OS. The number of nitrogens with zero attached hydrogens (tertiary/aromatic N) is 5. The summed E-state index contributed by atoms with van der Waals surface area (Å²) in [5.41, 5.74) is 6.74. The highest BCUT2D eigenvalue weighted by Crippen LogP contribution is 2.24. The minimum absolute atomic E-state index is 0.175. The van der Waals surface area contributed by atoms with Crippen LogP contribution in [0, 0.1) is 0 Å². The lowest BCUT2D eigenvalue weighted by Gasteiger charge is -2.14. The van der Waals surface area contributed by atoms with Gasteiger partial charge in [0.25, 0.3) is 0 Å². The maximum Gasteiger partial charge on any atom is 0.209 e. The van der Waals surface area contributed by atoms with Gasteiger partial charge in [0.1, 0.15) is 5.84 Å². The second-order valence-corrected chi connectivity index (χ2v) is 4.87. The summed E-state index contributed by atoms with van der Waals surface area (Å²) in [4.78, 5) is 0. The van der Waals surface area contributed by atoms with Gasteiger partial charge in [-0.15, -0.1) is 5.10 Å². The summed E-state index contributed by atoms with van der Waals surface area (Å²) in [6.45, 7) is 0. The fraction of sp³-hybridized carbons (Fsp3) is 0.273. The third kappa shape index (κ3) is 3.22. The van der Waals surface area contributed by atoms with E-state index in [1.165, 1.54) is 11.8 Å². The number of hydrogen-bond acceptors (Lipinski definition) is 6. The van der Waals surface area contributed by atoms with Crippen molar-refractivity contribution in [3.05, 3.63) is 35.9 Å². The molecule has 0 aliphatic carbocycles. The van der Waals surface area contributed by atoms with E-state index in [4.69, 9.17) is 10.9 Å².